The van der Waals surface area contributed by atoms with Gasteiger partial charge in [-0.15, -0.1) is 0 Å². The monoisotopic (exact) mass is 218 g/mol. The van der Waals surface area contributed by atoms with Crippen LogP contribution in [-0.4, -0.2) is 25.2 Å². The van der Waals surface area contributed by atoms with E-state index in [1.165, 1.54) is 18.4 Å². The van der Waals surface area contributed by atoms with E-state index in [1.807, 2.05) is 0 Å². The third-order valence-corrected chi connectivity index (χ3v) is 3.24. The molecular weight excluding hydrogens is 196 g/mol. The van der Waals surface area contributed by atoms with E-state index in [1.54, 1.807) is 0 Å². The van der Waals surface area contributed by atoms with Crippen molar-refractivity contribution in [2.24, 2.45) is 0 Å². The van der Waals surface area contributed by atoms with E-state index in [-0.39, 0.29) is 0 Å². The normalized spacial score (nSPS) is 19.6. The van der Waals surface area contributed by atoms with E-state index < -0.39 is 0 Å². The Kier molecular flexibility index (Phi) is 4.37. The van der Waals surface area contributed by atoms with E-state index in [4.69, 9.17) is 0 Å². The lowest BCUT2D eigenvalue weighted by Crippen LogP contribution is -2.44. The van der Waals surface area contributed by atoms with E-state index in [2.05, 4.69) is 47.9 Å². The van der Waals surface area contributed by atoms with Gasteiger partial charge in [0.2, 0.25) is 0 Å². The van der Waals surface area contributed by atoms with Crippen molar-refractivity contribution in [2.75, 3.05) is 13.1 Å². The summed E-state index contributed by atoms with van der Waals surface area (Å²) < 4.78 is 0. The van der Waals surface area contributed by atoms with E-state index >= 15 is 0 Å². The first kappa shape index (κ1) is 11.6. The zero-order valence-electron chi connectivity index (χ0n) is 10.1. The average molecular weight is 218 g/mol. The summed E-state index contributed by atoms with van der Waals surface area (Å²) in [7, 11) is 0. The summed E-state index contributed by atoms with van der Waals surface area (Å²) >= 11 is 0. The average Bonchev–Trinajstić information content (AvgIpc) is 2.31. The Balaban J connectivity index is 1.77. The molecule has 1 aliphatic heterocycles. The summed E-state index contributed by atoms with van der Waals surface area (Å²) in [5, 5.41) is 7.12. The summed E-state index contributed by atoms with van der Waals surface area (Å²) in [6.45, 7) is 4.61. The molecule has 1 unspecified atom stereocenters. The molecule has 0 aromatic heterocycles. The fourth-order valence-electron chi connectivity index (χ4n) is 2.42. The molecule has 1 heterocycles. The van der Waals surface area contributed by atoms with Crippen molar-refractivity contribution in [3.05, 3.63) is 35.9 Å². The van der Waals surface area contributed by atoms with Crippen LogP contribution in [0.15, 0.2) is 30.3 Å². The molecule has 2 nitrogen and oxygen atoms in total. The molecule has 0 spiro atoms. The standard InChI is InChI=1S/C14H22N2/c1-12(11-13-5-3-2-4-6-13)16-14-7-9-15-10-8-14/h2-6,12,14-16H,7-11H2,1H3. The number of hydrogen-bond acceptors (Lipinski definition) is 2. The Bertz CT molecular complexity index is 291. The molecule has 0 amide bonds. The molecule has 2 rings (SSSR count). The van der Waals surface area contributed by atoms with Crippen LogP contribution < -0.4 is 10.6 Å². The molecule has 1 aromatic carbocycles. The Hall–Kier alpha value is -0.860. The van der Waals surface area contributed by atoms with Crippen molar-refractivity contribution in [3.63, 3.8) is 0 Å². The van der Waals surface area contributed by atoms with Crippen molar-refractivity contribution in [2.45, 2.75) is 38.3 Å². The van der Waals surface area contributed by atoms with Crippen LogP contribution in [0, 0.1) is 0 Å². The second-order valence-electron chi connectivity index (χ2n) is 4.78. The second kappa shape index (κ2) is 6.02. The summed E-state index contributed by atoms with van der Waals surface area (Å²) in [4.78, 5) is 0. The molecule has 0 bridgehead atoms. The van der Waals surface area contributed by atoms with Crippen molar-refractivity contribution in [1.29, 1.82) is 0 Å². The Morgan fingerprint density at radius 2 is 1.94 bits per heavy atom. The minimum atomic E-state index is 0.575. The molecule has 2 heteroatoms. The summed E-state index contributed by atoms with van der Waals surface area (Å²) in [5.74, 6) is 0. The van der Waals surface area contributed by atoms with Crippen LogP contribution >= 0.6 is 0 Å². The highest BCUT2D eigenvalue weighted by Gasteiger charge is 2.14. The minimum Gasteiger partial charge on any atom is -0.317 e. The van der Waals surface area contributed by atoms with E-state index in [0.717, 1.165) is 19.5 Å². The van der Waals surface area contributed by atoms with E-state index in [9.17, 15) is 0 Å². The van der Waals surface area contributed by atoms with Crippen LogP contribution in [0.5, 0.6) is 0 Å². The first-order valence-electron chi connectivity index (χ1n) is 6.35. The molecule has 0 aliphatic carbocycles. The highest BCUT2D eigenvalue weighted by Crippen LogP contribution is 2.07. The highest BCUT2D eigenvalue weighted by atomic mass is 15.0. The molecule has 0 saturated carbocycles. The maximum atomic E-state index is 3.73. The van der Waals surface area contributed by atoms with Gasteiger partial charge in [-0.1, -0.05) is 30.3 Å². The first-order chi connectivity index (χ1) is 7.84. The van der Waals surface area contributed by atoms with Crippen LogP contribution in [0.2, 0.25) is 0 Å². The highest BCUT2D eigenvalue weighted by molar-refractivity contribution is 5.15. The SMILES string of the molecule is CC(Cc1ccccc1)NC1CCNCC1. The van der Waals surface area contributed by atoms with Crippen molar-refractivity contribution in [1.82, 2.24) is 10.6 Å². The van der Waals surface area contributed by atoms with Crippen LogP contribution in [0.25, 0.3) is 0 Å². The van der Waals surface area contributed by atoms with Crippen molar-refractivity contribution < 1.29 is 0 Å². The van der Waals surface area contributed by atoms with Gasteiger partial charge in [-0.05, 0) is 44.8 Å². The van der Waals surface area contributed by atoms with Gasteiger partial charge in [0, 0.05) is 12.1 Å². The first-order valence-corrected chi connectivity index (χ1v) is 6.35. The van der Waals surface area contributed by atoms with Crippen LogP contribution in [0.4, 0.5) is 0 Å². The second-order valence-corrected chi connectivity index (χ2v) is 4.78. The maximum Gasteiger partial charge on any atom is 0.00938 e. The predicted molar refractivity (Wildman–Crippen MR) is 68.6 cm³/mol. The van der Waals surface area contributed by atoms with Gasteiger partial charge in [0.1, 0.15) is 0 Å². The van der Waals surface area contributed by atoms with Gasteiger partial charge in [0.25, 0.3) is 0 Å². The number of hydrogen-bond donors (Lipinski definition) is 2. The lowest BCUT2D eigenvalue weighted by molar-refractivity contribution is 0.355. The van der Waals surface area contributed by atoms with Gasteiger partial charge in [0.15, 0.2) is 0 Å². The fourth-order valence-corrected chi connectivity index (χ4v) is 2.42. The smallest absolute Gasteiger partial charge is 0.00938 e. The summed E-state index contributed by atoms with van der Waals surface area (Å²) in [6.07, 6.45) is 3.66. The number of piperidine rings is 1. The van der Waals surface area contributed by atoms with Gasteiger partial charge >= 0.3 is 0 Å². The van der Waals surface area contributed by atoms with Gasteiger partial charge in [-0.2, -0.15) is 0 Å². The van der Waals surface area contributed by atoms with Crippen LogP contribution in [0.1, 0.15) is 25.3 Å². The molecule has 2 N–H and O–H groups in total. The van der Waals surface area contributed by atoms with Crippen LogP contribution in [0.3, 0.4) is 0 Å². The molecular formula is C14H22N2. The van der Waals surface area contributed by atoms with Gasteiger partial charge < -0.3 is 10.6 Å². The maximum absolute atomic E-state index is 3.73. The Labute approximate surface area is 98.4 Å². The molecule has 1 aromatic rings. The van der Waals surface area contributed by atoms with Gasteiger partial charge in [0.05, 0.1) is 0 Å². The largest absolute Gasteiger partial charge is 0.317 e. The van der Waals surface area contributed by atoms with Crippen molar-refractivity contribution >= 4 is 0 Å². The number of nitrogens with one attached hydrogen (secondary N) is 2. The topological polar surface area (TPSA) is 24.1 Å². The molecule has 1 aliphatic rings. The third kappa shape index (κ3) is 3.62. The number of rotatable bonds is 4. The van der Waals surface area contributed by atoms with Crippen LogP contribution in [-0.2, 0) is 6.42 Å². The quantitative estimate of drug-likeness (QED) is 0.807. The summed E-state index contributed by atoms with van der Waals surface area (Å²) in [5.41, 5.74) is 1.43. The molecule has 0 radical (unpaired) electrons. The zero-order valence-corrected chi connectivity index (χ0v) is 10.1. The zero-order chi connectivity index (χ0) is 11.2. The molecule has 88 valence electrons. The molecule has 1 atom stereocenters. The minimum absolute atomic E-state index is 0.575. The molecule has 1 fully saturated rings. The van der Waals surface area contributed by atoms with E-state index in [0.29, 0.717) is 12.1 Å². The Morgan fingerprint density at radius 3 is 2.62 bits per heavy atom. The predicted octanol–water partition coefficient (Wildman–Crippen LogP) is 1.96. The Morgan fingerprint density at radius 1 is 1.25 bits per heavy atom. The van der Waals surface area contributed by atoms with Gasteiger partial charge in [-0.25, -0.2) is 0 Å². The summed E-state index contributed by atoms with van der Waals surface area (Å²) in [6, 6.07) is 12.0. The third-order valence-electron chi connectivity index (χ3n) is 3.24. The lowest BCUT2D eigenvalue weighted by Gasteiger charge is -2.27. The lowest BCUT2D eigenvalue weighted by atomic mass is 10.0. The number of benzene rings is 1. The molecule has 1 saturated heterocycles. The van der Waals surface area contributed by atoms with Crippen molar-refractivity contribution in [3.8, 4) is 0 Å². The van der Waals surface area contributed by atoms with Gasteiger partial charge in [-0.3, -0.25) is 0 Å². The molecule has 16 heavy (non-hydrogen) atoms. The fraction of sp³-hybridized carbons (Fsp3) is 0.571.